The van der Waals surface area contributed by atoms with Gasteiger partial charge >= 0.3 is 0 Å². The molecule has 18 heavy (non-hydrogen) atoms. The van der Waals surface area contributed by atoms with E-state index in [1.54, 1.807) is 11.3 Å². The second kappa shape index (κ2) is 6.07. The van der Waals surface area contributed by atoms with Gasteiger partial charge < -0.3 is 5.32 Å². The topological polar surface area (TPSA) is 37.8 Å². The lowest BCUT2D eigenvalue weighted by molar-refractivity contribution is 0.548. The molecule has 0 bridgehead atoms. The highest BCUT2D eigenvalue weighted by Crippen LogP contribution is 2.21. The van der Waals surface area contributed by atoms with Gasteiger partial charge in [0, 0.05) is 12.2 Å². The zero-order valence-corrected chi connectivity index (χ0v) is 11.9. The molecule has 0 spiro atoms. The second-order valence-corrected chi connectivity index (χ2v) is 5.77. The molecule has 2 aromatic heterocycles. The predicted octanol–water partition coefficient (Wildman–Crippen LogP) is 3.26. The van der Waals surface area contributed by atoms with E-state index in [0.29, 0.717) is 5.92 Å². The summed E-state index contributed by atoms with van der Waals surface area (Å²) in [6.45, 7) is 8.24. The molecule has 2 heterocycles. The number of aromatic nitrogens is 2. The zero-order valence-electron chi connectivity index (χ0n) is 11.1. The van der Waals surface area contributed by atoms with Crippen molar-refractivity contribution in [1.82, 2.24) is 15.3 Å². The van der Waals surface area contributed by atoms with Gasteiger partial charge in [-0.1, -0.05) is 19.9 Å². The van der Waals surface area contributed by atoms with Crippen LogP contribution < -0.4 is 5.32 Å². The molecule has 0 aliphatic carbocycles. The molecular weight excluding hydrogens is 242 g/mol. The molecule has 0 radical (unpaired) electrons. The zero-order chi connectivity index (χ0) is 13.0. The summed E-state index contributed by atoms with van der Waals surface area (Å²) >= 11 is 1.68. The third-order valence-corrected chi connectivity index (χ3v) is 3.37. The number of nitrogens with one attached hydrogen (secondary N) is 1. The Bertz CT molecular complexity index is 492. The molecule has 0 saturated heterocycles. The van der Waals surface area contributed by atoms with E-state index in [1.807, 2.05) is 19.1 Å². The first-order valence-corrected chi connectivity index (χ1v) is 7.12. The average Bonchev–Trinajstić information content (AvgIpc) is 2.81. The Hall–Kier alpha value is -1.26. The molecule has 1 N–H and O–H groups in total. The van der Waals surface area contributed by atoms with Crippen LogP contribution in [0.5, 0.6) is 0 Å². The first-order valence-electron chi connectivity index (χ1n) is 6.24. The molecule has 0 atom stereocenters. The summed E-state index contributed by atoms with van der Waals surface area (Å²) in [5.41, 5.74) is 2.08. The first kappa shape index (κ1) is 13.2. The maximum absolute atomic E-state index is 4.61. The van der Waals surface area contributed by atoms with Crippen molar-refractivity contribution in [2.24, 2.45) is 5.92 Å². The lowest BCUT2D eigenvalue weighted by atomic mass is 10.2. The van der Waals surface area contributed by atoms with Crippen LogP contribution in [0.1, 0.15) is 25.2 Å². The molecule has 0 aromatic carbocycles. The van der Waals surface area contributed by atoms with Gasteiger partial charge in [0.05, 0.1) is 10.6 Å². The minimum absolute atomic E-state index is 0.657. The largest absolute Gasteiger partial charge is 0.311 e. The number of rotatable bonds is 5. The monoisotopic (exact) mass is 261 g/mol. The summed E-state index contributed by atoms with van der Waals surface area (Å²) in [5.74, 6) is 1.50. The first-order chi connectivity index (χ1) is 8.65. The maximum atomic E-state index is 4.61. The fourth-order valence-electron chi connectivity index (χ4n) is 1.73. The van der Waals surface area contributed by atoms with Crippen LogP contribution in [-0.2, 0) is 6.54 Å². The lowest BCUT2D eigenvalue weighted by Crippen LogP contribution is -2.20. The number of aryl methyl sites for hydroxylation is 1. The van der Waals surface area contributed by atoms with Gasteiger partial charge in [0.1, 0.15) is 0 Å². The normalized spacial score (nSPS) is 11.1. The van der Waals surface area contributed by atoms with Gasteiger partial charge in [0.25, 0.3) is 0 Å². The Balaban J connectivity index is 2.12. The Morgan fingerprint density at radius 1 is 1.33 bits per heavy atom. The molecule has 2 aromatic rings. The molecule has 4 heteroatoms. The third kappa shape index (κ3) is 3.62. The van der Waals surface area contributed by atoms with Gasteiger partial charge in [-0.05, 0) is 36.9 Å². The summed E-state index contributed by atoms with van der Waals surface area (Å²) < 4.78 is 0. The number of nitrogens with zero attached hydrogens (tertiary/aromatic N) is 2. The van der Waals surface area contributed by atoms with Crippen molar-refractivity contribution in [3.8, 4) is 10.7 Å². The highest BCUT2D eigenvalue weighted by atomic mass is 32.1. The van der Waals surface area contributed by atoms with Crippen molar-refractivity contribution >= 4 is 11.3 Å². The van der Waals surface area contributed by atoms with E-state index in [2.05, 4.69) is 40.6 Å². The number of thiophene rings is 1. The molecule has 96 valence electrons. The maximum Gasteiger partial charge on any atom is 0.169 e. The van der Waals surface area contributed by atoms with Gasteiger partial charge in [-0.2, -0.15) is 0 Å². The average molecular weight is 261 g/mol. The predicted molar refractivity (Wildman–Crippen MR) is 76.6 cm³/mol. The quantitative estimate of drug-likeness (QED) is 0.897. The second-order valence-electron chi connectivity index (χ2n) is 4.83. The van der Waals surface area contributed by atoms with Crippen molar-refractivity contribution in [3.63, 3.8) is 0 Å². The van der Waals surface area contributed by atoms with Crippen LogP contribution in [0.4, 0.5) is 0 Å². The Morgan fingerprint density at radius 2 is 2.17 bits per heavy atom. The van der Waals surface area contributed by atoms with Crippen molar-refractivity contribution in [2.45, 2.75) is 27.3 Å². The minimum atomic E-state index is 0.657. The molecular formula is C14H19N3S. The number of hydrogen-bond donors (Lipinski definition) is 1. The van der Waals surface area contributed by atoms with Crippen molar-refractivity contribution in [3.05, 3.63) is 35.0 Å². The van der Waals surface area contributed by atoms with Crippen LogP contribution in [0.15, 0.2) is 23.6 Å². The molecule has 0 saturated carbocycles. The summed E-state index contributed by atoms with van der Waals surface area (Å²) in [7, 11) is 0. The summed E-state index contributed by atoms with van der Waals surface area (Å²) in [6, 6.07) is 6.14. The highest BCUT2D eigenvalue weighted by molar-refractivity contribution is 7.13. The Labute approximate surface area is 112 Å². The van der Waals surface area contributed by atoms with Crippen LogP contribution >= 0.6 is 11.3 Å². The number of hydrogen-bond acceptors (Lipinski definition) is 4. The fourth-order valence-corrected chi connectivity index (χ4v) is 2.39. The van der Waals surface area contributed by atoms with E-state index in [1.165, 1.54) is 0 Å². The van der Waals surface area contributed by atoms with Gasteiger partial charge in [-0.3, -0.25) is 0 Å². The van der Waals surface area contributed by atoms with E-state index < -0.39 is 0 Å². The summed E-state index contributed by atoms with van der Waals surface area (Å²) in [5, 5.41) is 5.47. The van der Waals surface area contributed by atoms with Crippen LogP contribution in [0.3, 0.4) is 0 Å². The molecule has 0 amide bonds. The SMILES string of the molecule is Cc1cc(CNCC(C)C)nc(-c2cccs2)n1. The molecule has 0 unspecified atom stereocenters. The molecule has 0 aliphatic rings. The molecule has 0 fully saturated rings. The van der Waals surface area contributed by atoms with Crippen molar-refractivity contribution < 1.29 is 0 Å². The molecule has 2 rings (SSSR count). The Kier molecular flexibility index (Phi) is 4.44. The molecule has 3 nitrogen and oxygen atoms in total. The van der Waals surface area contributed by atoms with Gasteiger partial charge in [-0.25, -0.2) is 9.97 Å². The highest BCUT2D eigenvalue weighted by Gasteiger charge is 2.05. The van der Waals surface area contributed by atoms with Gasteiger partial charge in [0.15, 0.2) is 5.82 Å². The van der Waals surface area contributed by atoms with E-state index in [0.717, 1.165) is 35.2 Å². The van der Waals surface area contributed by atoms with E-state index in [-0.39, 0.29) is 0 Å². The van der Waals surface area contributed by atoms with Crippen molar-refractivity contribution in [2.75, 3.05) is 6.54 Å². The molecule has 0 aliphatic heterocycles. The third-order valence-electron chi connectivity index (χ3n) is 2.51. The van der Waals surface area contributed by atoms with Crippen LogP contribution in [-0.4, -0.2) is 16.5 Å². The fraction of sp³-hybridized carbons (Fsp3) is 0.429. The van der Waals surface area contributed by atoms with E-state index in [9.17, 15) is 0 Å². The summed E-state index contributed by atoms with van der Waals surface area (Å²) in [4.78, 5) is 10.2. The Morgan fingerprint density at radius 3 is 2.83 bits per heavy atom. The smallest absolute Gasteiger partial charge is 0.169 e. The van der Waals surface area contributed by atoms with E-state index in [4.69, 9.17) is 0 Å². The van der Waals surface area contributed by atoms with Crippen LogP contribution in [0, 0.1) is 12.8 Å². The van der Waals surface area contributed by atoms with Gasteiger partial charge in [-0.15, -0.1) is 11.3 Å². The minimum Gasteiger partial charge on any atom is -0.311 e. The van der Waals surface area contributed by atoms with Crippen molar-refractivity contribution in [1.29, 1.82) is 0 Å². The van der Waals surface area contributed by atoms with Crippen LogP contribution in [0.25, 0.3) is 10.7 Å². The van der Waals surface area contributed by atoms with Gasteiger partial charge in [0.2, 0.25) is 0 Å². The standard InChI is InChI=1S/C14H19N3S/c1-10(2)8-15-9-12-7-11(3)16-14(17-12)13-5-4-6-18-13/h4-7,10,15H,8-9H2,1-3H3. The summed E-state index contributed by atoms with van der Waals surface area (Å²) in [6.07, 6.45) is 0. The lowest BCUT2D eigenvalue weighted by Gasteiger charge is -2.08. The van der Waals surface area contributed by atoms with Crippen LogP contribution in [0.2, 0.25) is 0 Å². The van der Waals surface area contributed by atoms with E-state index >= 15 is 0 Å².